The number of carbonyl (C=O) groups excluding carboxylic acids is 1. The molecule has 1 aromatic rings. The number of aryl methyl sites for hydroxylation is 1. The van der Waals surface area contributed by atoms with Gasteiger partial charge in [-0.3, -0.25) is 4.79 Å². The molecule has 0 atom stereocenters. The minimum Gasteiger partial charge on any atom is -0.343 e. The third-order valence-corrected chi connectivity index (χ3v) is 4.46. The van der Waals surface area contributed by atoms with Gasteiger partial charge in [-0.25, -0.2) is 0 Å². The molecule has 1 fully saturated rings. The normalized spacial score (nSPS) is 16.6. The molecular formula is C15H23BrN2O. The number of nitrogens with zero attached hydrogens (tertiary/aromatic N) is 2. The van der Waals surface area contributed by atoms with Gasteiger partial charge in [-0.15, -0.1) is 0 Å². The molecule has 1 amide bonds. The molecule has 1 saturated carbocycles. The fourth-order valence-corrected chi connectivity index (χ4v) is 3.41. The molecule has 0 N–H and O–H groups in total. The Labute approximate surface area is 124 Å². The number of carbonyl (C=O) groups is 1. The fraction of sp³-hybridized carbons (Fsp3) is 0.667. The van der Waals surface area contributed by atoms with Crippen LogP contribution < -0.4 is 0 Å². The highest BCUT2D eigenvalue weighted by molar-refractivity contribution is 9.10. The molecule has 0 radical (unpaired) electrons. The monoisotopic (exact) mass is 326 g/mol. The molecule has 0 aromatic carbocycles. The van der Waals surface area contributed by atoms with E-state index in [4.69, 9.17) is 0 Å². The van der Waals surface area contributed by atoms with Gasteiger partial charge in [0.25, 0.3) is 5.91 Å². The van der Waals surface area contributed by atoms with Gasteiger partial charge in [-0.05, 0) is 47.7 Å². The van der Waals surface area contributed by atoms with Crippen molar-refractivity contribution < 1.29 is 4.79 Å². The number of hydrogen-bond donors (Lipinski definition) is 0. The number of rotatable bonds is 4. The number of amides is 1. The zero-order valence-corrected chi connectivity index (χ0v) is 13.4. The molecule has 0 saturated heterocycles. The second kappa shape index (κ2) is 6.60. The number of halogens is 1. The summed E-state index contributed by atoms with van der Waals surface area (Å²) in [6, 6.07) is 1.92. The molecule has 2 rings (SSSR count). The van der Waals surface area contributed by atoms with Crippen molar-refractivity contribution in [2.45, 2.75) is 45.6 Å². The van der Waals surface area contributed by atoms with Crippen LogP contribution in [-0.4, -0.2) is 29.0 Å². The average molecular weight is 327 g/mol. The lowest BCUT2D eigenvalue weighted by Gasteiger charge is -2.27. The maximum atomic E-state index is 12.5. The van der Waals surface area contributed by atoms with Gasteiger partial charge >= 0.3 is 0 Å². The summed E-state index contributed by atoms with van der Waals surface area (Å²) in [4.78, 5) is 14.4. The first-order chi connectivity index (χ1) is 9.11. The van der Waals surface area contributed by atoms with Gasteiger partial charge < -0.3 is 9.47 Å². The molecule has 0 spiro atoms. The van der Waals surface area contributed by atoms with Crippen molar-refractivity contribution in [3.05, 3.63) is 22.4 Å². The second-order valence-corrected chi connectivity index (χ2v) is 6.43. The van der Waals surface area contributed by atoms with Gasteiger partial charge in [0.15, 0.2) is 0 Å². The van der Waals surface area contributed by atoms with E-state index in [0.717, 1.165) is 23.3 Å². The van der Waals surface area contributed by atoms with Crippen LogP contribution in [0.4, 0.5) is 0 Å². The van der Waals surface area contributed by atoms with Crippen molar-refractivity contribution in [2.75, 3.05) is 13.6 Å². The van der Waals surface area contributed by atoms with Crippen molar-refractivity contribution in [3.63, 3.8) is 0 Å². The van der Waals surface area contributed by atoms with E-state index in [1.807, 2.05) is 28.8 Å². The SMILES string of the molecule is CCn1cc(Br)cc1C(=O)N(C)CC1CCCCC1. The molecule has 1 heterocycles. The summed E-state index contributed by atoms with van der Waals surface area (Å²) in [6.45, 7) is 3.78. The molecule has 1 aromatic heterocycles. The fourth-order valence-electron chi connectivity index (χ4n) is 2.95. The summed E-state index contributed by atoms with van der Waals surface area (Å²) >= 11 is 3.45. The van der Waals surface area contributed by atoms with E-state index in [1.165, 1.54) is 32.1 Å². The lowest BCUT2D eigenvalue weighted by Crippen LogP contribution is -2.33. The van der Waals surface area contributed by atoms with Crippen LogP contribution in [0.1, 0.15) is 49.5 Å². The van der Waals surface area contributed by atoms with Crippen molar-refractivity contribution in [1.82, 2.24) is 9.47 Å². The Hall–Kier alpha value is -0.770. The molecule has 1 aliphatic rings. The first-order valence-electron chi connectivity index (χ1n) is 7.23. The molecule has 0 unspecified atom stereocenters. The predicted molar refractivity (Wildman–Crippen MR) is 81.3 cm³/mol. The third-order valence-electron chi connectivity index (χ3n) is 4.03. The van der Waals surface area contributed by atoms with Crippen LogP contribution >= 0.6 is 15.9 Å². The van der Waals surface area contributed by atoms with Crippen molar-refractivity contribution in [3.8, 4) is 0 Å². The number of hydrogen-bond acceptors (Lipinski definition) is 1. The molecule has 4 heteroatoms. The molecule has 0 bridgehead atoms. The first-order valence-corrected chi connectivity index (χ1v) is 8.02. The van der Waals surface area contributed by atoms with Gasteiger partial charge in [0.1, 0.15) is 5.69 Å². The van der Waals surface area contributed by atoms with Crippen LogP contribution in [0.15, 0.2) is 16.7 Å². The molecule has 3 nitrogen and oxygen atoms in total. The Morgan fingerprint density at radius 2 is 2.11 bits per heavy atom. The van der Waals surface area contributed by atoms with Crippen LogP contribution in [0.5, 0.6) is 0 Å². The van der Waals surface area contributed by atoms with Gasteiger partial charge in [-0.1, -0.05) is 19.3 Å². The summed E-state index contributed by atoms with van der Waals surface area (Å²) in [5, 5.41) is 0. The van der Waals surface area contributed by atoms with Gasteiger partial charge in [-0.2, -0.15) is 0 Å². The minimum absolute atomic E-state index is 0.137. The quantitative estimate of drug-likeness (QED) is 0.823. The Morgan fingerprint density at radius 1 is 1.42 bits per heavy atom. The van der Waals surface area contributed by atoms with Crippen LogP contribution in [0.3, 0.4) is 0 Å². The maximum absolute atomic E-state index is 12.5. The summed E-state index contributed by atoms with van der Waals surface area (Å²) < 4.78 is 2.98. The van der Waals surface area contributed by atoms with Gasteiger partial charge in [0, 0.05) is 30.8 Å². The molecular weight excluding hydrogens is 304 g/mol. The van der Waals surface area contributed by atoms with Crippen LogP contribution in [-0.2, 0) is 6.54 Å². The Bertz CT molecular complexity index is 435. The zero-order valence-electron chi connectivity index (χ0n) is 11.9. The Balaban J connectivity index is 2.01. The van der Waals surface area contributed by atoms with Crippen LogP contribution in [0.25, 0.3) is 0 Å². The highest BCUT2D eigenvalue weighted by Crippen LogP contribution is 2.25. The van der Waals surface area contributed by atoms with E-state index >= 15 is 0 Å². The lowest BCUT2D eigenvalue weighted by molar-refractivity contribution is 0.0750. The van der Waals surface area contributed by atoms with E-state index < -0.39 is 0 Å². The Morgan fingerprint density at radius 3 is 2.74 bits per heavy atom. The minimum atomic E-state index is 0.137. The highest BCUT2D eigenvalue weighted by atomic mass is 79.9. The molecule has 0 aliphatic heterocycles. The van der Waals surface area contributed by atoms with E-state index in [-0.39, 0.29) is 5.91 Å². The lowest BCUT2D eigenvalue weighted by atomic mass is 9.89. The van der Waals surface area contributed by atoms with Crippen molar-refractivity contribution in [2.24, 2.45) is 5.92 Å². The van der Waals surface area contributed by atoms with Crippen LogP contribution in [0, 0.1) is 5.92 Å². The van der Waals surface area contributed by atoms with Crippen LogP contribution in [0.2, 0.25) is 0 Å². The highest BCUT2D eigenvalue weighted by Gasteiger charge is 2.21. The van der Waals surface area contributed by atoms with E-state index in [9.17, 15) is 4.79 Å². The summed E-state index contributed by atoms with van der Waals surface area (Å²) in [5.74, 6) is 0.828. The smallest absolute Gasteiger partial charge is 0.270 e. The summed E-state index contributed by atoms with van der Waals surface area (Å²) in [5.41, 5.74) is 0.785. The number of aromatic nitrogens is 1. The van der Waals surface area contributed by atoms with E-state index in [1.54, 1.807) is 0 Å². The van der Waals surface area contributed by atoms with Gasteiger partial charge in [0.2, 0.25) is 0 Å². The van der Waals surface area contributed by atoms with E-state index in [0.29, 0.717) is 5.92 Å². The van der Waals surface area contributed by atoms with Crippen molar-refractivity contribution in [1.29, 1.82) is 0 Å². The summed E-state index contributed by atoms with van der Waals surface area (Å²) in [6.07, 6.45) is 8.53. The zero-order chi connectivity index (χ0) is 13.8. The first kappa shape index (κ1) is 14.6. The molecule has 106 valence electrons. The largest absolute Gasteiger partial charge is 0.343 e. The van der Waals surface area contributed by atoms with Crippen molar-refractivity contribution >= 4 is 21.8 Å². The molecule has 1 aliphatic carbocycles. The maximum Gasteiger partial charge on any atom is 0.270 e. The third kappa shape index (κ3) is 3.62. The average Bonchev–Trinajstić information content (AvgIpc) is 2.80. The molecule has 19 heavy (non-hydrogen) atoms. The topological polar surface area (TPSA) is 25.2 Å². The summed E-state index contributed by atoms with van der Waals surface area (Å²) in [7, 11) is 1.93. The second-order valence-electron chi connectivity index (χ2n) is 5.52. The Kier molecular flexibility index (Phi) is 5.08. The predicted octanol–water partition coefficient (Wildman–Crippen LogP) is 3.92. The van der Waals surface area contributed by atoms with E-state index in [2.05, 4.69) is 22.9 Å². The van der Waals surface area contributed by atoms with Gasteiger partial charge in [0.05, 0.1) is 0 Å². The standard InChI is InChI=1S/C15H23BrN2O/c1-3-18-11-13(16)9-14(18)15(19)17(2)10-12-7-5-4-6-8-12/h9,11-12H,3-8,10H2,1-2H3.